The summed E-state index contributed by atoms with van der Waals surface area (Å²) in [5.41, 5.74) is 0.472. The molecule has 0 spiro atoms. The van der Waals surface area contributed by atoms with Crippen molar-refractivity contribution in [3.63, 3.8) is 0 Å². The number of carbonyl (C=O) groups excluding carboxylic acids is 2. The number of benzene rings is 1. The Morgan fingerprint density at radius 3 is 2.55 bits per heavy atom. The van der Waals surface area contributed by atoms with Gasteiger partial charge in [0.2, 0.25) is 0 Å². The summed E-state index contributed by atoms with van der Waals surface area (Å²) < 4.78 is 17.9. The Morgan fingerprint density at radius 1 is 1.27 bits per heavy atom. The number of hydrogen-bond acceptors (Lipinski definition) is 3. The van der Waals surface area contributed by atoms with E-state index in [-0.39, 0.29) is 11.8 Å². The molecule has 0 heterocycles. The Balaban J connectivity index is 1.72. The number of esters is 1. The van der Waals surface area contributed by atoms with Crippen molar-refractivity contribution in [3.05, 3.63) is 30.1 Å². The van der Waals surface area contributed by atoms with Crippen molar-refractivity contribution in [2.45, 2.75) is 51.6 Å². The van der Waals surface area contributed by atoms with Gasteiger partial charge < -0.3 is 10.1 Å². The van der Waals surface area contributed by atoms with Crippen molar-refractivity contribution in [3.8, 4) is 0 Å². The van der Waals surface area contributed by atoms with E-state index in [1.807, 2.05) is 0 Å². The highest BCUT2D eigenvalue weighted by molar-refractivity contribution is 5.95. The van der Waals surface area contributed by atoms with Crippen molar-refractivity contribution in [1.29, 1.82) is 0 Å². The normalized spacial score (nSPS) is 16.3. The third-order valence-corrected chi connectivity index (χ3v) is 4.02. The third-order valence-electron chi connectivity index (χ3n) is 4.02. The van der Waals surface area contributed by atoms with Crippen LogP contribution in [0.1, 0.15) is 45.4 Å². The minimum atomic E-state index is -0.860. The molecule has 4 nitrogen and oxygen atoms in total. The van der Waals surface area contributed by atoms with Crippen LogP contribution in [0.25, 0.3) is 0 Å². The summed E-state index contributed by atoms with van der Waals surface area (Å²) in [7, 11) is 0. The van der Waals surface area contributed by atoms with Gasteiger partial charge in [-0.25, -0.2) is 4.39 Å². The predicted molar refractivity (Wildman–Crippen MR) is 81.8 cm³/mol. The van der Waals surface area contributed by atoms with Crippen LogP contribution in [0.3, 0.4) is 0 Å². The highest BCUT2D eigenvalue weighted by Gasteiger charge is 2.20. The van der Waals surface area contributed by atoms with Crippen LogP contribution in [0.4, 0.5) is 10.1 Å². The number of anilines is 1. The molecule has 1 atom stereocenters. The minimum absolute atomic E-state index is 0.339. The standard InChI is InChI=1S/C17H22FNO3/c1-12(17(21)19-15-9-7-14(18)8-10-15)22-16(20)11-6-13-4-2-3-5-13/h7-10,12-13H,2-6,11H2,1H3,(H,19,21). The smallest absolute Gasteiger partial charge is 0.306 e. The number of hydrogen-bond donors (Lipinski definition) is 1. The van der Waals surface area contributed by atoms with Crippen LogP contribution in [0.15, 0.2) is 24.3 Å². The fourth-order valence-corrected chi connectivity index (χ4v) is 2.71. The lowest BCUT2D eigenvalue weighted by Crippen LogP contribution is -2.30. The van der Waals surface area contributed by atoms with E-state index in [0.29, 0.717) is 18.0 Å². The Bertz CT molecular complexity index is 509. The Kier molecular flexibility index (Phi) is 5.92. The second kappa shape index (κ2) is 7.92. The SMILES string of the molecule is CC(OC(=O)CCC1CCCC1)C(=O)Nc1ccc(F)cc1. The minimum Gasteiger partial charge on any atom is -0.453 e. The van der Waals surface area contributed by atoms with Crippen LogP contribution in [-0.2, 0) is 14.3 Å². The van der Waals surface area contributed by atoms with Crippen LogP contribution in [-0.4, -0.2) is 18.0 Å². The fourth-order valence-electron chi connectivity index (χ4n) is 2.71. The van der Waals surface area contributed by atoms with Gasteiger partial charge in [-0.1, -0.05) is 25.7 Å². The number of carbonyl (C=O) groups is 2. The molecular formula is C17H22FNO3. The van der Waals surface area contributed by atoms with E-state index in [4.69, 9.17) is 4.74 Å². The van der Waals surface area contributed by atoms with E-state index in [1.165, 1.54) is 56.9 Å². The molecule has 1 aliphatic rings. The molecule has 1 aliphatic carbocycles. The maximum Gasteiger partial charge on any atom is 0.306 e. The van der Waals surface area contributed by atoms with Gasteiger partial charge >= 0.3 is 5.97 Å². The highest BCUT2D eigenvalue weighted by Crippen LogP contribution is 2.28. The molecular weight excluding hydrogens is 285 g/mol. The molecule has 1 N–H and O–H groups in total. The van der Waals surface area contributed by atoms with E-state index < -0.39 is 12.0 Å². The number of amides is 1. The Hall–Kier alpha value is -1.91. The van der Waals surface area contributed by atoms with Gasteiger partial charge in [0.15, 0.2) is 6.10 Å². The van der Waals surface area contributed by atoms with Crippen molar-refractivity contribution in [1.82, 2.24) is 0 Å². The molecule has 0 aliphatic heterocycles. The van der Waals surface area contributed by atoms with E-state index in [9.17, 15) is 14.0 Å². The van der Waals surface area contributed by atoms with E-state index in [1.54, 1.807) is 0 Å². The molecule has 1 aromatic rings. The van der Waals surface area contributed by atoms with Crippen LogP contribution in [0.2, 0.25) is 0 Å². The molecule has 5 heteroatoms. The van der Waals surface area contributed by atoms with E-state index >= 15 is 0 Å². The summed E-state index contributed by atoms with van der Waals surface area (Å²) in [5, 5.41) is 2.59. The van der Waals surface area contributed by atoms with Gasteiger partial charge in [-0.3, -0.25) is 9.59 Å². The molecule has 1 saturated carbocycles. The van der Waals surface area contributed by atoms with Gasteiger partial charge in [-0.2, -0.15) is 0 Å². The number of ether oxygens (including phenoxy) is 1. The topological polar surface area (TPSA) is 55.4 Å². The fraction of sp³-hybridized carbons (Fsp3) is 0.529. The second-order valence-electron chi connectivity index (χ2n) is 5.82. The predicted octanol–water partition coefficient (Wildman–Crippen LogP) is 3.67. The first kappa shape index (κ1) is 16.5. The molecule has 1 amide bonds. The quantitative estimate of drug-likeness (QED) is 0.816. The molecule has 22 heavy (non-hydrogen) atoms. The van der Waals surface area contributed by atoms with Crippen molar-refractivity contribution in [2.75, 3.05) is 5.32 Å². The van der Waals surface area contributed by atoms with E-state index in [0.717, 1.165) is 6.42 Å². The first-order chi connectivity index (χ1) is 10.5. The number of halogens is 1. The zero-order valence-corrected chi connectivity index (χ0v) is 12.8. The van der Waals surface area contributed by atoms with Gasteiger partial charge in [-0.05, 0) is 43.5 Å². The van der Waals surface area contributed by atoms with E-state index in [2.05, 4.69) is 5.32 Å². The summed E-state index contributed by atoms with van der Waals surface area (Å²) in [6.07, 6.45) is 5.21. The largest absolute Gasteiger partial charge is 0.453 e. The average molecular weight is 307 g/mol. The molecule has 1 fully saturated rings. The van der Waals surface area contributed by atoms with Crippen molar-refractivity contribution >= 4 is 17.6 Å². The zero-order chi connectivity index (χ0) is 15.9. The maximum absolute atomic E-state index is 12.8. The van der Waals surface area contributed by atoms with Gasteiger partial charge in [0.05, 0.1) is 0 Å². The maximum atomic E-state index is 12.8. The lowest BCUT2D eigenvalue weighted by Gasteiger charge is -2.14. The highest BCUT2D eigenvalue weighted by atomic mass is 19.1. The third kappa shape index (κ3) is 5.13. The van der Waals surface area contributed by atoms with Gasteiger partial charge in [0.1, 0.15) is 5.82 Å². The molecule has 0 saturated heterocycles. The van der Waals surface area contributed by atoms with Crippen LogP contribution < -0.4 is 5.32 Å². The first-order valence-electron chi connectivity index (χ1n) is 7.80. The number of nitrogens with one attached hydrogen (secondary N) is 1. The van der Waals surface area contributed by atoms with Gasteiger partial charge in [-0.15, -0.1) is 0 Å². The molecule has 1 aromatic carbocycles. The summed E-state index contributed by atoms with van der Waals surface area (Å²) in [6.45, 7) is 1.53. The van der Waals surface area contributed by atoms with Crippen LogP contribution in [0.5, 0.6) is 0 Å². The number of rotatable bonds is 6. The van der Waals surface area contributed by atoms with Gasteiger partial charge in [0.25, 0.3) is 5.91 Å². The molecule has 0 bridgehead atoms. The van der Waals surface area contributed by atoms with Gasteiger partial charge in [0, 0.05) is 12.1 Å². The average Bonchev–Trinajstić information content (AvgIpc) is 3.01. The van der Waals surface area contributed by atoms with Crippen LogP contribution >= 0.6 is 0 Å². The molecule has 2 rings (SSSR count). The molecule has 120 valence electrons. The van der Waals surface area contributed by atoms with Crippen molar-refractivity contribution in [2.24, 2.45) is 5.92 Å². The lowest BCUT2D eigenvalue weighted by molar-refractivity contribution is -0.153. The zero-order valence-electron chi connectivity index (χ0n) is 12.8. The monoisotopic (exact) mass is 307 g/mol. The molecule has 1 unspecified atom stereocenters. The summed E-state index contributed by atoms with van der Waals surface area (Å²) in [5.74, 6) is -0.505. The summed E-state index contributed by atoms with van der Waals surface area (Å²) >= 11 is 0. The molecule has 0 radical (unpaired) electrons. The Morgan fingerprint density at radius 2 is 1.91 bits per heavy atom. The molecule has 0 aromatic heterocycles. The summed E-state index contributed by atoms with van der Waals surface area (Å²) in [6, 6.07) is 5.44. The Labute approximate surface area is 130 Å². The summed E-state index contributed by atoms with van der Waals surface area (Å²) in [4.78, 5) is 23.7. The van der Waals surface area contributed by atoms with Crippen LogP contribution in [0, 0.1) is 11.7 Å². The first-order valence-corrected chi connectivity index (χ1v) is 7.80. The lowest BCUT2D eigenvalue weighted by atomic mass is 10.0. The second-order valence-corrected chi connectivity index (χ2v) is 5.82. The van der Waals surface area contributed by atoms with Crippen molar-refractivity contribution < 1.29 is 18.7 Å².